The fourth-order valence-corrected chi connectivity index (χ4v) is 1.20. The lowest BCUT2D eigenvalue weighted by Crippen LogP contribution is -2.21. The zero-order valence-corrected chi connectivity index (χ0v) is 8.14. The highest BCUT2D eigenvalue weighted by molar-refractivity contribution is 5.33. The fraction of sp³-hybridized carbons (Fsp3) is 0.400. The molecule has 0 saturated carbocycles. The molecule has 1 aromatic rings. The van der Waals surface area contributed by atoms with Crippen molar-refractivity contribution >= 4 is 5.69 Å². The Kier molecular flexibility index (Phi) is 3.59. The van der Waals surface area contributed by atoms with Gasteiger partial charge in [0.2, 0.25) is 0 Å². The fourth-order valence-electron chi connectivity index (χ4n) is 1.20. The molecule has 1 atom stereocenters. The molecule has 0 spiro atoms. The monoisotopic (exact) mass is 194 g/mol. The highest BCUT2D eigenvalue weighted by Crippen LogP contribution is 2.13. The van der Waals surface area contributed by atoms with Crippen molar-refractivity contribution in [2.24, 2.45) is 5.73 Å². The van der Waals surface area contributed by atoms with Crippen molar-refractivity contribution in [1.29, 1.82) is 0 Å². The highest BCUT2D eigenvalue weighted by atomic mass is 16.6. The molecule has 2 N–H and O–H groups in total. The number of benzene rings is 1. The van der Waals surface area contributed by atoms with Gasteiger partial charge in [-0.15, -0.1) is 0 Å². The van der Waals surface area contributed by atoms with Gasteiger partial charge in [-0.05, 0) is 18.4 Å². The van der Waals surface area contributed by atoms with Crippen LogP contribution in [0.25, 0.3) is 0 Å². The predicted molar refractivity (Wildman–Crippen MR) is 55.1 cm³/mol. The molecule has 0 aliphatic heterocycles. The molecule has 0 bridgehead atoms. The van der Waals surface area contributed by atoms with E-state index in [1.807, 2.05) is 6.92 Å². The zero-order valence-electron chi connectivity index (χ0n) is 8.14. The van der Waals surface area contributed by atoms with Crippen molar-refractivity contribution in [3.05, 3.63) is 39.9 Å². The Morgan fingerprint density at radius 3 is 2.43 bits per heavy atom. The lowest BCUT2D eigenvalue weighted by molar-refractivity contribution is -0.384. The number of nitro benzene ring substituents is 1. The van der Waals surface area contributed by atoms with Gasteiger partial charge in [0.25, 0.3) is 5.69 Å². The number of nitrogens with two attached hydrogens (primary N) is 1. The van der Waals surface area contributed by atoms with E-state index in [0.717, 1.165) is 18.4 Å². The maximum Gasteiger partial charge on any atom is 0.269 e. The Morgan fingerprint density at radius 2 is 2.00 bits per heavy atom. The summed E-state index contributed by atoms with van der Waals surface area (Å²) in [5, 5.41) is 10.4. The number of non-ortho nitro benzene ring substituents is 1. The maximum absolute atomic E-state index is 10.4. The van der Waals surface area contributed by atoms with Crippen LogP contribution >= 0.6 is 0 Å². The third kappa shape index (κ3) is 2.81. The van der Waals surface area contributed by atoms with E-state index in [4.69, 9.17) is 5.73 Å². The van der Waals surface area contributed by atoms with E-state index in [1.54, 1.807) is 12.1 Å². The van der Waals surface area contributed by atoms with Crippen LogP contribution in [0.5, 0.6) is 0 Å². The molecule has 1 unspecified atom stereocenters. The van der Waals surface area contributed by atoms with E-state index in [1.165, 1.54) is 12.1 Å². The summed E-state index contributed by atoms with van der Waals surface area (Å²) in [5.74, 6) is 0. The minimum atomic E-state index is -0.399. The molecule has 4 heteroatoms. The van der Waals surface area contributed by atoms with Gasteiger partial charge in [-0.25, -0.2) is 0 Å². The third-order valence-corrected chi connectivity index (χ3v) is 2.17. The van der Waals surface area contributed by atoms with Crippen LogP contribution in [0.2, 0.25) is 0 Å². The second-order valence-corrected chi connectivity index (χ2v) is 3.30. The Bertz CT molecular complexity index is 308. The van der Waals surface area contributed by atoms with Crippen LogP contribution in [0.15, 0.2) is 24.3 Å². The Hall–Kier alpha value is -1.42. The largest absolute Gasteiger partial charge is 0.327 e. The average molecular weight is 194 g/mol. The Labute approximate surface area is 82.9 Å². The number of hydrogen-bond donors (Lipinski definition) is 1. The van der Waals surface area contributed by atoms with Crippen LogP contribution < -0.4 is 5.73 Å². The molecule has 1 rings (SSSR count). The summed E-state index contributed by atoms with van der Waals surface area (Å²) in [6.07, 6.45) is 1.69. The number of hydrogen-bond acceptors (Lipinski definition) is 3. The SMILES string of the molecule is CCC(N)Cc1ccc([N+](=O)[O-])cc1. The first-order valence-corrected chi connectivity index (χ1v) is 4.62. The van der Waals surface area contributed by atoms with Crippen LogP contribution in [0.3, 0.4) is 0 Å². The van der Waals surface area contributed by atoms with Crippen molar-refractivity contribution in [3.63, 3.8) is 0 Å². The minimum absolute atomic E-state index is 0.124. The van der Waals surface area contributed by atoms with Crippen LogP contribution in [-0.4, -0.2) is 11.0 Å². The molecule has 76 valence electrons. The minimum Gasteiger partial charge on any atom is -0.327 e. The van der Waals surface area contributed by atoms with Gasteiger partial charge < -0.3 is 5.73 Å². The summed E-state index contributed by atoms with van der Waals surface area (Å²) < 4.78 is 0. The summed E-state index contributed by atoms with van der Waals surface area (Å²) in [7, 11) is 0. The van der Waals surface area contributed by atoms with Crippen LogP contribution in [0.4, 0.5) is 5.69 Å². The molecule has 0 amide bonds. The van der Waals surface area contributed by atoms with Crippen molar-refractivity contribution in [2.45, 2.75) is 25.8 Å². The van der Waals surface area contributed by atoms with Gasteiger partial charge in [0.05, 0.1) is 4.92 Å². The highest BCUT2D eigenvalue weighted by Gasteiger charge is 2.05. The molecular weight excluding hydrogens is 180 g/mol. The standard InChI is InChI=1S/C10H14N2O2/c1-2-9(11)7-8-3-5-10(6-4-8)12(13)14/h3-6,9H,2,7,11H2,1H3. The van der Waals surface area contributed by atoms with E-state index >= 15 is 0 Å². The molecule has 0 radical (unpaired) electrons. The Morgan fingerprint density at radius 1 is 1.43 bits per heavy atom. The molecule has 0 fully saturated rings. The summed E-state index contributed by atoms with van der Waals surface area (Å²) in [6, 6.07) is 6.67. The lowest BCUT2D eigenvalue weighted by atomic mass is 10.0. The normalized spacial score (nSPS) is 12.4. The van der Waals surface area contributed by atoms with E-state index in [2.05, 4.69) is 0 Å². The van der Waals surface area contributed by atoms with E-state index in [0.29, 0.717) is 0 Å². The van der Waals surface area contributed by atoms with E-state index in [-0.39, 0.29) is 11.7 Å². The smallest absolute Gasteiger partial charge is 0.269 e. The van der Waals surface area contributed by atoms with Gasteiger partial charge in [0, 0.05) is 18.2 Å². The second-order valence-electron chi connectivity index (χ2n) is 3.30. The van der Waals surface area contributed by atoms with Gasteiger partial charge >= 0.3 is 0 Å². The van der Waals surface area contributed by atoms with Crippen LogP contribution in [-0.2, 0) is 6.42 Å². The first-order chi connectivity index (χ1) is 6.63. The third-order valence-electron chi connectivity index (χ3n) is 2.17. The van der Waals surface area contributed by atoms with Crippen LogP contribution in [0.1, 0.15) is 18.9 Å². The molecule has 1 aromatic carbocycles. The topological polar surface area (TPSA) is 69.2 Å². The summed E-state index contributed by atoms with van der Waals surface area (Å²) >= 11 is 0. The first-order valence-electron chi connectivity index (χ1n) is 4.62. The molecule has 0 aliphatic rings. The van der Waals surface area contributed by atoms with Crippen molar-refractivity contribution in [2.75, 3.05) is 0 Å². The summed E-state index contributed by atoms with van der Waals surface area (Å²) in [6.45, 7) is 2.02. The molecular formula is C10H14N2O2. The number of rotatable bonds is 4. The molecule has 0 heterocycles. The maximum atomic E-state index is 10.4. The zero-order chi connectivity index (χ0) is 10.6. The number of nitro groups is 1. The summed E-state index contributed by atoms with van der Waals surface area (Å²) in [5.41, 5.74) is 6.94. The van der Waals surface area contributed by atoms with Gasteiger partial charge in [-0.1, -0.05) is 19.1 Å². The van der Waals surface area contributed by atoms with E-state index in [9.17, 15) is 10.1 Å². The van der Waals surface area contributed by atoms with Crippen LogP contribution in [0, 0.1) is 10.1 Å². The first kappa shape index (κ1) is 10.7. The number of nitrogens with zero attached hydrogens (tertiary/aromatic N) is 1. The molecule has 4 nitrogen and oxygen atoms in total. The second kappa shape index (κ2) is 4.72. The van der Waals surface area contributed by atoms with Gasteiger partial charge in [-0.3, -0.25) is 10.1 Å². The molecule has 0 aliphatic carbocycles. The van der Waals surface area contributed by atoms with Gasteiger partial charge in [0.1, 0.15) is 0 Å². The predicted octanol–water partition coefficient (Wildman–Crippen LogP) is 1.87. The molecule has 0 saturated heterocycles. The quantitative estimate of drug-likeness (QED) is 0.587. The average Bonchev–Trinajstić information content (AvgIpc) is 2.18. The van der Waals surface area contributed by atoms with Crippen molar-refractivity contribution < 1.29 is 4.92 Å². The van der Waals surface area contributed by atoms with Crippen molar-refractivity contribution in [3.8, 4) is 0 Å². The molecule has 0 aromatic heterocycles. The Balaban J connectivity index is 2.68. The summed E-state index contributed by atoms with van der Waals surface area (Å²) in [4.78, 5) is 9.97. The van der Waals surface area contributed by atoms with E-state index < -0.39 is 4.92 Å². The van der Waals surface area contributed by atoms with Gasteiger partial charge in [0.15, 0.2) is 0 Å². The lowest BCUT2D eigenvalue weighted by Gasteiger charge is -2.07. The molecule has 14 heavy (non-hydrogen) atoms. The van der Waals surface area contributed by atoms with Crippen molar-refractivity contribution in [1.82, 2.24) is 0 Å². The van der Waals surface area contributed by atoms with Gasteiger partial charge in [-0.2, -0.15) is 0 Å².